The van der Waals surface area contributed by atoms with Gasteiger partial charge in [0.25, 0.3) is 0 Å². The molecular formula is C76H124O6. The van der Waals surface area contributed by atoms with Gasteiger partial charge in [-0.2, -0.15) is 0 Å². The van der Waals surface area contributed by atoms with E-state index in [0.717, 1.165) is 161 Å². The number of unbranched alkanes of at least 4 members (excludes halogenated alkanes) is 25. The van der Waals surface area contributed by atoms with Crippen LogP contribution in [-0.2, 0) is 28.6 Å². The Labute approximate surface area is 506 Å². The fraction of sp³-hybridized carbons (Fsp3) is 0.645. The van der Waals surface area contributed by atoms with Crippen LogP contribution in [0.4, 0.5) is 0 Å². The summed E-state index contributed by atoms with van der Waals surface area (Å²) in [5.41, 5.74) is 0. The van der Waals surface area contributed by atoms with Crippen molar-refractivity contribution in [3.63, 3.8) is 0 Å². The topological polar surface area (TPSA) is 78.9 Å². The Bertz CT molecular complexity index is 1780. The van der Waals surface area contributed by atoms with Crippen LogP contribution in [0.2, 0.25) is 0 Å². The molecule has 0 aromatic heterocycles. The fourth-order valence-corrected chi connectivity index (χ4v) is 9.10. The van der Waals surface area contributed by atoms with Crippen LogP contribution in [0.1, 0.15) is 297 Å². The molecule has 0 radical (unpaired) electrons. The third-order valence-electron chi connectivity index (χ3n) is 14.1. The van der Waals surface area contributed by atoms with Crippen LogP contribution in [0.3, 0.4) is 0 Å². The van der Waals surface area contributed by atoms with Gasteiger partial charge in [0.15, 0.2) is 6.10 Å². The van der Waals surface area contributed by atoms with Crippen molar-refractivity contribution in [2.75, 3.05) is 13.2 Å². The van der Waals surface area contributed by atoms with Crippen molar-refractivity contribution >= 4 is 17.9 Å². The van der Waals surface area contributed by atoms with Gasteiger partial charge in [0.1, 0.15) is 13.2 Å². The molecule has 1 atom stereocenters. The number of carbonyl (C=O) groups excluding carboxylic acids is 3. The Morgan fingerprint density at radius 2 is 0.476 bits per heavy atom. The lowest BCUT2D eigenvalue weighted by Gasteiger charge is -2.18. The van der Waals surface area contributed by atoms with Gasteiger partial charge < -0.3 is 14.2 Å². The Balaban J connectivity index is 4.29. The molecule has 0 saturated carbocycles. The van der Waals surface area contributed by atoms with Crippen molar-refractivity contribution in [3.05, 3.63) is 146 Å². The van der Waals surface area contributed by atoms with Gasteiger partial charge in [-0.3, -0.25) is 14.4 Å². The molecule has 0 aliphatic heterocycles. The zero-order chi connectivity index (χ0) is 59.2. The summed E-state index contributed by atoms with van der Waals surface area (Å²) in [6.07, 6.45) is 98.6. The van der Waals surface area contributed by atoms with Crippen LogP contribution in [0, 0.1) is 0 Å². The number of hydrogen-bond acceptors (Lipinski definition) is 6. The van der Waals surface area contributed by atoms with Gasteiger partial charge in [-0.05, 0) is 122 Å². The normalized spacial score (nSPS) is 13.1. The SMILES string of the molecule is CC/C=C\C/C=C\C/C=C\C/C=C\C/C=C\C/C=C\C/C=C\C/C=C\C/C=C\CCCCCCCCCC(=O)OCC(COC(=O)CCCCCCCCCCCCCCCC)OC(=O)CCCCCCC/C=C\C/C=C\C/C=C\CC. The van der Waals surface area contributed by atoms with Gasteiger partial charge in [-0.15, -0.1) is 0 Å². The Hall–Kier alpha value is -4.71. The molecule has 0 spiro atoms. The molecule has 0 rings (SSSR count). The van der Waals surface area contributed by atoms with Crippen LogP contribution in [-0.4, -0.2) is 37.2 Å². The highest BCUT2D eigenvalue weighted by atomic mass is 16.6. The summed E-state index contributed by atoms with van der Waals surface area (Å²) in [5, 5.41) is 0. The Morgan fingerprint density at radius 1 is 0.256 bits per heavy atom. The third kappa shape index (κ3) is 66.1. The molecule has 1 unspecified atom stereocenters. The van der Waals surface area contributed by atoms with E-state index in [4.69, 9.17) is 14.2 Å². The molecule has 0 amide bonds. The molecule has 0 aliphatic carbocycles. The number of ether oxygens (including phenoxy) is 3. The number of esters is 3. The minimum Gasteiger partial charge on any atom is -0.462 e. The van der Waals surface area contributed by atoms with Crippen molar-refractivity contribution < 1.29 is 28.6 Å². The second kappa shape index (κ2) is 68.8. The maximum atomic E-state index is 12.9. The van der Waals surface area contributed by atoms with Crippen LogP contribution < -0.4 is 0 Å². The second-order valence-electron chi connectivity index (χ2n) is 22.0. The van der Waals surface area contributed by atoms with Crippen LogP contribution in [0.25, 0.3) is 0 Å². The predicted molar refractivity (Wildman–Crippen MR) is 357 cm³/mol. The zero-order valence-corrected chi connectivity index (χ0v) is 53.2. The van der Waals surface area contributed by atoms with Gasteiger partial charge in [0, 0.05) is 19.3 Å². The first-order valence-corrected chi connectivity index (χ1v) is 33.8. The van der Waals surface area contributed by atoms with Crippen molar-refractivity contribution in [1.82, 2.24) is 0 Å². The molecule has 6 nitrogen and oxygen atoms in total. The monoisotopic (exact) mass is 1130 g/mol. The number of rotatable bonds is 60. The minimum atomic E-state index is -0.796. The summed E-state index contributed by atoms with van der Waals surface area (Å²) in [6, 6.07) is 0. The Morgan fingerprint density at radius 3 is 0.744 bits per heavy atom. The molecule has 0 heterocycles. The number of allylic oxidation sites excluding steroid dienone is 24. The van der Waals surface area contributed by atoms with Gasteiger partial charge >= 0.3 is 17.9 Å². The van der Waals surface area contributed by atoms with E-state index < -0.39 is 6.10 Å². The number of carbonyl (C=O) groups is 3. The molecule has 0 bridgehead atoms. The molecule has 0 aromatic rings. The average Bonchev–Trinajstić information content (AvgIpc) is 3.48. The van der Waals surface area contributed by atoms with Crippen LogP contribution in [0.5, 0.6) is 0 Å². The lowest BCUT2D eigenvalue weighted by atomic mass is 10.0. The summed E-state index contributed by atoms with van der Waals surface area (Å²) in [7, 11) is 0. The summed E-state index contributed by atoms with van der Waals surface area (Å²) >= 11 is 0. The quantitative estimate of drug-likeness (QED) is 0.0261. The van der Waals surface area contributed by atoms with E-state index in [2.05, 4.69) is 167 Å². The lowest BCUT2D eigenvalue weighted by molar-refractivity contribution is -0.167. The van der Waals surface area contributed by atoms with Crippen molar-refractivity contribution in [1.29, 1.82) is 0 Å². The first-order valence-electron chi connectivity index (χ1n) is 33.8. The van der Waals surface area contributed by atoms with E-state index in [1.807, 2.05) is 0 Å². The maximum absolute atomic E-state index is 12.9. The highest BCUT2D eigenvalue weighted by Gasteiger charge is 2.19. The lowest BCUT2D eigenvalue weighted by Crippen LogP contribution is -2.30. The van der Waals surface area contributed by atoms with Crippen LogP contribution >= 0.6 is 0 Å². The first-order chi connectivity index (χ1) is 40.5. The predicted octanol–water partition coefficient (Wildman–Crippen LogP) is 23.5. The standard InChI is InChI=1S/C76H124O6/c1-4-7-10-13-16-19-22-25-28-29-30-31-32-33-34-35-36-37-38-39-40-41-42-43-44-45-46-47-49-51-54-57-60-63-66-69-75(78)81-72-73(71-80-74(77)68-65-62-59-56-53-50-27-24-21-18-15-12-9-6-3)82-76(79)70-67-64-61-58-55-52-48-26-23-20-17-14-11-8-5-2/h7-8,10-11,16-17,19-20,25-26,28,30-31,33-34,36-37,39-40,42-43,45-46,48,73H,4-6,9,12-15,18,21-24,27,29,32,35,38,41,44,47,49-72H2,1-3H3/b10-7-,11-8-,19-16-,20-17-,28-25-,31-30-,34-33-,37-36-,40-39-,43-42-,46-45-,48-26-. The van der Waals surface area contributed by atoms with E-state index in [1.54, 1.807) is 0 Å². The van der Waals surface area contributed by atoms with E-state index in [-0.39, 0.29) is 31.1 Å². The second-order valence-corrected chi connectivity index (χ2v) is 22.0. The smallest absolute Gasteiger partial charge is 0.306 e. The van der Waals surface area contributed by atoms with E-state index >= 15 is 0 Å². The summed E-state index contributed by atoms with van der Waals surface area (Å²) in [5.74, 6) is -0.914. The molecule has 0 fully saturated rings. The molecule has 0 N–H and O–H groups in total. The molecule has 0 saturated heterocycles. The molecular weight excluding hydrogens is 1010 g/mol. The van der Waals surface area contributed by atoms with Gasteiger partial charge in [-0.1, -0.05) is 301 Å². The van der Waals surface area contributed by atoms with Crippen molar-refractivity contribution in [3.8, 4) is 0 Å². The van der Waals surface area contributed by atoms with Crippen molar-refractivity contribution in [2.24, 2.45) is 0 Å². The van der Waals surface area contributed by atoms with E-state index in [9.17, 15) is 14.4 Å². The minimum absolute atomic E-state index is 0.0896. The van der Waals surface area contributed by atoms with Gasteiger partial charge in [0.05, 0.1) is 0 Å². The highest BCUT2D eigenvalue weighted by Crippen LogP contribution is 2.16. The molecule has 0 aromatic carbocycles. The molecule has 0 aliphatic rings. The van der Waals surface area contributed by atoms with Crippen molar-refractivity contribution in [2.45, 2.75) is 303 Å². The zero-order valence-electron chi connectivity index (χ0n) is 53.2. The maximum Gasteiger partial charge on any atom is 0.306 e. The first kappa shape index (κ1) is 77.3. The van der Waals surface area contributed by atoms with Crippen LogP contribution in [0.15, 0.2) is 146 Å². The summed E-state index contributed by atoms with van der Waals surface area (Å²) < 4.78 is 16.9. The fourth-order valence-electron chi connectivity index (χ4n) is 9.10. The summed E-state index contributed by atoms with van der Waals surface area (Å²) in [4.78, 5) is 38.3. The number of hydrogen-bond donors (Lipinski definition) is 0. The molecule has 464 valence electrons. The van der Waals surface area contributed by atoms with E-state index in [0.29, 0.717) is 19.3 Å². The highest BCUT2D eigenvalue weighted by molar-refractivity contribution is 5.71. The average molecular weight is 1130 g/mol. The molecule has 6 heteroatoms. The van der Waals surface area contributed by atoms with Gasteiger partial charge in [-0.25, -0.2) is 0 Å². The van der Waals surface area contributed by atoms with E-state index in [1.165, 1.54) is 96.3 Å². The Kier molecular flexibility index (Phi) is 64.8. The van der Waals surface area contributed by atoms with Gasteiger partial charge in [0.2, 0.25) is 0 Å². The molecule has 82 heavy (non-hydrogen) atoms. The third-order valence-corrected chi connectivity index (χ3v) is 14.1. The summed E-state index contributed by atoms with van der Waals surface area (Å²) in [6.45, 7) is 6.40. The largest absolute Gasteiger partial charge is 0.462 e.